The third-order valence-electron chi connectivity index (χ3n) is 3.57. The summed E-state index contributed by atoms with van der Waals surface area (Å²) in [7, 11) is -7.09. The molecule has 0 radical (unpaired) electrons. The van der Waals surface area contributed by atoms with Crippen LogP contribution in [0.1, 0.15) is 25.8 Å². The maximum Gasteiger partial charge on any atom is 0.240 e. The summed E-state index contributed by atoms with van der Waals surface area (Å²) in [6.45, 7) is 5.47. The van der Waals surface area contributed by atoms with Gasteiger partial charge in [0.25, 0.3) is 0 Å². The second-order valence-electron chi connectivity index (χ2n) is 5.44. The van der Waals surface area contributed by atoms with Gasteiger partial charge >= 0.3 is 0 Å². The van der Waals surface area contributed by atoms with Crippen LogP contribution < -0.4 is 4.72 Å². The molecular weight excluding hydrogens is 360 g/mol. The number of nitrogens with one attached hydrogen (secondary N) is 1. The van der Waals surface area contributed by atoms with Crippen LogP contribution in [0, 0.1) is 6.92 Å². The van der Waals surface area contributed by atoms with Crippen molar-refractivity contribution in [2.75, 3.05) is 19.3 Å². The summed E-state index contributed by atoms with van der Waals surface area (Å²) in [5.41, 5.74) is 0.659. The largest absolute Gasteiger partial charge is 0.240 e. The Bertz CT molecular complexity index is 748. The van der Waals surface area contributed by atoms with Crippen molar-refractivity contribution in [3.8, 4) is 0 Å². The van der Waals surface area contributed by atoms with Crippen LogP contribution >= 0.6 is 11.6 Å². The molecule has 0 aliphatic heterocycles. The Morgan fingerprint density at radius 3 is 2.35 bits per heavy atom. The SMILES string of the molecule is CCC(C)N(CCNS(=O)(=O)c1ccc(Cl)c(C)c1)S(C)(=O)=O. The van der Waals surface area contributed by atoms with Crippen LogP contribution in [-0.4, -0.2) is 46.5 Å². The normalized spacial score (nSPS) is 14.2. The molecule has 1 atom stereocenters. The lowest BCUT2D eigenvalue weighted by atomic mass is 10.2. The van der Waals surface area contributed by atoms with E-state index < -0.39 is 20.0 Å². The van der Waals surface area contributed by atoms with Crippen LogP contribution in [0.15, 0.2) is 23.1 Å². The Hall–Kier alpha value is -0.670. The standard InChI is InChI=1S/C14H23ClN2O4S2/c1-5-12(3)17(22(4,18)19)9-8-16-23(20,21)13-6-7-14(15)11(2)10-13/h6-7,10,12,16H,5,8-9H2,1-4H3. The first-order valence-electron chi connectivity index (χ1n) is 7.21. The Balaban J connectivity index is 2.81. The van der Waals surface area contributed by atoms with Gasteiger partial charge in [-0.2, -0.15) is 4.31 Å². The smallest absolute Gasteiger partial charge is 0.212 e. The van der Waals surface area contributed by atoms with Crippen LogP contribution in [0.2, 0.25) is 5.02 Å². The molecule has 0 bridgehead atoms. The van der Waals surface area contributed by atoms with E-state index in [1.165, 1.54) is 22.5 Å². The number of hydrogen-bond acceptors (Lipinski definition) is 4. The van der Waals surface area contributed by atoms with Gasteiger partial charge < -0.3 is 0 Å². The zero-order valence-corrected chi connectivity index (χ0v) is 16.1. The summed E-state index contributed by atoms with van der Waals surface area (Å²) in [4.78, 5) is 0.105. The molecular formula is C14H23ClN2O4S2. The highest BCUT2D eigenvalue weighted by molar-refractivity contribution is 7.89. The van der Waals surface area contributed by atoms with E-state index in [-0.39, 0.29) is 24.0 Å². The highest BCUT2D eigenvalue weighted by Gasteiger charge is 2.23. The maximum atomic E-state index is 12.2. The van der Waals surface area contributed by atoms with Gasteiger partial charge in [-0.3, -0.25) is 0 Å². The lowest BCUT2D eigenvalue weighted by molar-refractivity contribution is 0.335. The lowest BCUT2D eigenvalue weighted by Crippen LogP contribution is -2.42. The first-order valence-corrected chi connectivity index (χ1v) is 10.9. The molecule has 0 aliphatic rings. The van der Waals surface area contributed by atoms with Crippen molar-refractivity contribution >= 4 is 31.6 Å². The first-order chi connectivity index (χ1) is 10.5. The van der Waals surface area contributed by atoms with E-state index in [0.29, 0.717) is 17.0 Å². The number of hydrogen-bond donors (Lipinski definition) is 1. The highest BCUT2D eigenvalue weighted by Crippen LogP contribution is 2.19. The van der Waals surface area contributed by atoms with Gasteiger partial charge in [-0.1, -0.05) is 18.5 Å². The van der Waals surface area contributed by atoms with Crippen LogP contribution in [0.4, 0.5) is 0 Å². The van der Waals surface area contributed by atoms with Gasteiger partial charge in [0.1, 0.15) is 0 Å². The summed E-state index contributed by atoms with van der Waals surface area (Å²) < 4.78 is 51.8. The summed E-state index contributed by atoms with van der Waals surface area (Å²) in [5, 5.41) is 0.490. The highest BCUT2D eigenvalue weighted by atomic mass is 35.5. The zero-order chi connectivity index (χ0) is 17.8. The van der Waals surface area contributed by atoms with E-state index in [9.17, 15) is 16.8 Å². The van der Waals surface area contributed by atoms with Crippen LogP contribution in [-0.2, 0) is 20.0 Å². The average Bonchev–Trinajstić information content (AvgIpc) is 2.44. The third kappa shape index (κ3) is 5.72. The molecule has 132 valence electrons. The third-order valence-corrected chi connectivity index (χ3v) is 6.85. The average molecular weight is 383 g/mol. The molecule has 0 aromatic heterocycles. The fourth-order valence-electron chi connectivity index (χ4n) is 2.07. The van der Waals surface area contributed by atoms with Crippen LogP contribution in [0.5, 0.6) is 0 Å². The number of nitrogens with zero attached hydrogens (tertiary/aromatic N) is 1. The molecule has 1 aromatic rings. The van der Waals surface area contributed by atoms with E-state index in [4.69, 9.17) is 11.6 Å². The zero-order valence-electron chi connectivity index (χ0n) is 13.7. The van der Waals surface area contributed by atoms with Gasteiger partial charge in [-0.05, 0) is 44.0 Å². The summed E-state index contributed by atoms with van der Waals surface area (Å²) in [5.74, 6) is 0. The summed E-state index contributed by atoms with van der Waals surface area (Å²) in [6.07, 6.45) is 1.77. The molecule has 1 unspecified atom stereocenters. The molecule has 0 saturated heterocycles. The molecule has 9 heteroatoms. The van der Waals surface area contributed by atoms with Crippen molar-refractivity contribution in [3.63, 3.8) is 0 Å². The Labute approximate surface area is 143 Å². The quantitative estimate of drug-likeness (QED) is 0.745. The van der Waals surface area contributed by atoms with Crippen molar-refractivity contribution in [2.24, 2.45) is 0 Å². The van der Waals surface area contributed by atoms with E-state index in [0.717, 1.165) is 6.26 Å². The van der Waals surface area contributed by atoms with Crippen molar-refractivity contribution in [1.29, 1.82) is 0 Å². The topological polar surface area (TPSA) is 83.6 Å². The first kappa shape index (κ1) is 20.4. The number of rotatable bonds is 8. The molecule has 6 nitrogen and oxygen atoms in total. The number of halogens is 1. The minimum atomic E-state index is -3.70. The summed E-state index contributed by atoms with van der Waals surface area (Å²) >= 11 is 5.89. The van der Waals surface area contributed by atoms with Gasteiger partial charge in [0.05, 0.1) is 11.2 Å². The van der Waals surface area contributed by atoms with Crippen molar-refractivity contribution in [1.82, 2.24) is 9.03 Å². The van der Waals surface area contributed by atoms with Crippen molar-refractivity contribution in [3.05, 3.63) is 28.8 Å². The predicted octanol–water partition coefficient (Wildman–Crippen LogP) is 1.99. The number of benzene rings is 1. The monoisotopic (exact) mass is 382 g/mol. The van der Waals surface area contributed by atoms with Crippen LogP contribution in [0.25, 0.3) is 0 Å². The molecule has 0 saturated carbocycles. The molecule has 1 N–H and O–H groups in total. The van der Waals surface area contributed by atoms with Gasteiger partial charge in [0, 0.05) is 24.2 Å². The summed E-state index contributed by atoms with van der Waals surface area (Å²) in [6, 6.07) is 4.23. The predicted molar refractivity (Wildman–Crippen MR) is 92.7 cm³/mol. The maximum absolute atomic E-state index is 12.2. The lowest BCUT2D eigenvalue weighted by Gasteiger charge is -2.25. The fraction of sp³-hybridized carbons (Fsp3) is 0.571. The van der Waals surface area contributed by atoms with Crippen molar-refractivity contribution < 1.29 is 16.8 Å². The van der Waals surface area contributed by atoms with E-state index >= 15 is 0 Å². The second-order valence-corrected chi connectivity index (χ2v) is 9.55. The molecule has 0 heterocycles. The number of aryl methyl sites for hydroxylation is 1. The Morgan fingerprint density at radius 1 is 1.26 bits per heavy atom. The van der Waals surface area contributed by atoms with Gasteiger partial charge in [-0.15, -0.1) is 0 Å². The molecule has 0 amide bonds. The van der Waals surface area contributed by atoms with Gasteiger partial charge in [0.2, 0.25) is 20.0 Å². The van der Waals surface area contributed by atoms with Crippen LogP contribution in [0.3, 0.4) is 0 Å². The molecule has 23 heavy (non-hydrogen) atoms. The minimum Gasteiger partial charge on any atom is -0.212 e. The molecule has 0 fully saturated rings. The number of sulfonamides is 2. The minimum absolute atomic E-state index is 0.00141. The van der Waals surface area contributed by atoms with Gasteiger partial charge in [-0.25, -0.2) is 21.6 Å². The van der Waals surface area contributed by atoms with E-state index in [1.807, 2.05) is 6.92 Å². The van der Waals surface area contributed by atoms with E-state index in [2.05, 4.69) is 4.72 Å². The molecule has 0 spiro atoms. The Morgan fingerprint density at radius 2 is 1.87 bits per heavy atom. The molecule has 1 rings (SSSR count). The fourth-order valence-corrected chi connectivity index (χ4v) is 4.52. The van der Waals surface area contributed by atoms with Gasteiger partial charge in [0.15, 0.2) is 0 Å². The second kappa shape index (κ2) is 7.94. The van der Waals surface area contributed by atoms with E-state index in [1.54, 1.807) is 13.8 Å². The Kier molecular flexibility index (Phi) is 7.03. The molecule has 1 aromatic carbocycles. The molecule has 0 aliphatic carbocycles. The van der Waals surface area contributed by atoms with Crippen molar-refractivity contribution in [2.45, 2.75) is 38.1 Å².